The molecule has 4 heterocycles. The summed E-state index contributed by atoms with van der Waals surface area (Å²) >= 11 is 0. The third kappa shape index (κ3) is 3.72. The molecule has 0 unspecified atom stereocenters. The molecular formula is C19H24N6O2. The molecule has 1 aliphatic heterocycles. The lowest BCUT2D eigenvalue weighted by molar-refractivity contribution is 0.0691. The molecule has 1 saturated heterocycles. The van der Waals surface area contributed by atoms with Crippen molar-refractivity contribution >= 4 is 33.6 Å². The number of hydrogen-bond donors (Lipinski definition) is 3. The Kier molecular flexibility index (Phi) is 4.91. The van der Waals surface area contributed by atoms with Crippen LogP contribution in [0.15, 0.2) is 24.5 Å². The molecule has 4 rings (SSSR count). The minimum atomic E-state index is -0.994. The van der Waals surface area contributed by atoms with Crippen LogP contribution in [0.1, 0.15) is 16.9 Å². The Labute approximate surface area is 157 Å². The quantitative estimate of drug-likeness (QED) is 0.571. The van der Waals surface area contributed by atoms with Gasteiger partial charge in [-0.05, 0) is 32.1 Å². The van der Waals surface area contributed by atoms with Gasteiger partial charge in [-0.25, -0.2) is 9.78 Å². The molecule has 8 heteroatoms. The smallest absolute Gasteiger partial charge is 0.352 e. The summed E-state index contributed by atoms with van der Waals surface area (Å²) in [6.07, 6.45) is 4.52. The number of aromatic carboxylic acids is 1. The molecule has 27 heavy (non-hydrogen) atoms. The maximum Gasteiger partial charge on any atom is 0.352 e. The summed E-state index contributed by atoms with van der Waals surface area (Å²) in [4.78, 5) is 27.8. The highest BCUT2D eigenvalue weighted by atomic mass is 16.4. The zero-order valence-electron chi connectivity index (χ0n) is 15.4. The van der Waals surface area contributed by atoms with Gasteiger partial charge in [-0.2, -0.15) is 0 Å². The number of carboxylic acids is 1. The second kappa shape index (κ2) is 7.50. The molecule has 3 N–H and O–H groups in total. The van der Waals surface area contributed by atoms with E-state index in [1.54, 1.807) is 18.5 Å². The van der Waals surface area contributed by atoms with Crippen LogP contribution in [0.4, 0.5) is 5.82 Å². The lowest BCUT2D eigenvalue weighted by atomic mass is 10.1. The minimum absolute atomic E-state index is 0.134. The van der Waals surface area contributed by atoms with E-state index in [1.807, 2.05) is 6.07 Å². The molecule has 3 aromatic heterocycles. The summed E-state index contributed by atoms with van der Waals surface area (Å²) in [6, 6.07) is 3.53. The normalized spacial score (nSPS) is 16.2. The number of carboxylic acid groups (broad SMARTS) is 1. The van der Waals surface area contributed by atoms with Crippen LogP contribution in [0.2, 0.25) is 0 Å². The number of nitrogens with zero attached hydrogens (tertiary/aromatic N) is 4. The molecule has 142 valence electrons. The topological polar surface area (TPSA) is 97.4 Å². The van der Waals surface area contributed by atoms with Crippen molar-refractivity contribution in [2.45, 2.75) is 6.42 Å². The van der Waals surface area contributed by atoms with Crippen LogP contribution in [-0.2, 0) is 0 Å². The predicted octanol–water partition coefficient (Wildman–Crippen LogP) is 1.86. The van der Waals surface area contributed by atoms with Crippen molar-refractivity contribution in [3.05, 3.63) is 30.2 Å². The molecule has 0 saturated carbocycles. The Morgan fingerprint density at radius 3 is 2.85 bits per heavy atom. The van der Waals surface area contributed by atoms with E-state index in [4.69, 9.17) is 0 Å². The number of hydrogen-bond acceptors (Lipinski definition) is 6. The molecule has 1 aliphatic rings. The highest BCUT2D eigenvalue weighted by Crippen LogP contribution is 2.29. The second-order valence-corrected chi connectivity index (χ2v) is 7.06. The van der Waals surface area contributed by atoms with Crippen LogP contribution < -0.4 is 5.32 Å². The Hall–Kier alpha value is -2.71. The molecule has 1 fully saturated rings. The number of aromatic amines is 1. The summed E-state index contributed by atoms with van der Waals surface area (Å²) in [6.45, 7) is 6.37. The number of H-pyrrole nitrogens is 1. The van der Waals surface area contributed by atoms with Crippen molar-refractivity contribution in [3.8, 4) is 0 Å². The zero-order chi connectivity index (χ0) is 18.8. The first-order valence-corrected chi connectivity index (χ1v) is 9.26. The maximum atomic E-state index is 11.3. The first kappa shape index (κ1) is 17.7. The number of carbonyl (C=O) groups is 1. The van der Waals surface area contributed by atoms with Crippen molar-refractivity contribution in [1.29, 1.82) is 0 Å². The van der Waals surface area contributed by atoms with Crippen molar-refractivity contribution in [1.82, 2.24) is 24.8 Å². The third-order valence-electron chi connectivity index (χ3n) is 5.16. The molecule has 3 aromatic rings. The Morgan fingerprint density at radius 1 is 1.26 bits per heavy atom. The molecule has 0 bridgehead atoms. The van der Waals surface area contributed by atoms with E-state index in [9.17, 15) is 9.90 Å². The first-order valence-electron chi connectivity index (χ1n) is 9.26. The van der Waals surface area contributed by atoms with Crippen LogP contribution in [-0.4, -0.2) is 82.1 Å². The molecule has 0 aliphatic carbocycles. The molecule has 0 aromatic carbocycles. The Morgan fingerprint density at radius 2 is 2.07 bits per heavy atom. The highest BCUT2D eigenvalue weighted by molar-refractivity contribution is 6.10. The van der Waals surface area contributed by atoms with Crippen LogP contribution in [0.3, 0.4) is 0 Å². The second-order valence-electron chi connectivity index (χ2n) is 7.06. The van der Waals surface area contributed by atoms with Crippen LogP contribution in [0.25, 0.3) is 21.8 Å². The molecule has 0 atom stereocenters. The largest absolute Gasteiger partial charge is 0.477 e. The number of nitrogens with one attached hydrogen (secondary N) is 2. The monoisotopic (exact) mass is 368 g/mol. The summed E-state index contributed by atoms with van der Waals surface area (Å²) in [5.41, 5.74) is 0.698. The van der Waals surface area contributed by atoms with Crippen LogP contribution in [0.5, 0.6) is 0 Å². The van der Waals surface area contributed by atoms with E-state index in [0.717, 1.165) is 67.7 Å². The standard InChI is InChI=1S/C19H24N6O2/c1-24-7-9-25(10-8-24)6-2-4-21-17-13-3-5-20-12-15(13)14-11-16(19(26)27)22-18(14)23-17/h3,5,11-12H,2,4,6-10H2,1H3,(H,26,27)(H2,21,22,23). The summed E-state index contributed by atoms with van der Waals surface area (Å²) in [5, 5.41) is 15.3. The number of fused-ring (bicyclic) bond motifs is 3. The summed E-state index contributed by atoms with van der Waals surface area (Å²) < 4.78 is 0. The van der Waals surface area contributed by atoms with Gasteiger partial charge >= 0.3 is 5.97 Å². The van der Waals surface area contributed by atoms with E-state index >= 15 is 0 Å². The van der Waals surface area contributed by atoms with E-state index in [2.05, 4.69) is 37.1 Å². The molecule has 0 radical (unpaired) electrons. The van der Waals surface area contributed by atoms with Crippen molar-refractivity contribution in [3.63, 3.8) is 0 Å². The third-order valence-corrected chi connectivity index (χ3v) is 5.16. The number of aromatic nitrogens is 3. The fourth-order valence-corrected chi connectivity index (χ4v) is 3.56. The van der Waals surface area contributed by atoms with Gasteiger partial charge in [0.2, 0.25) is 0 Å². The SMILES string of the molecule is CN1CCN(CCCNc2nc3[nH]c(C(=O)O)cc3c3cnccc23)CC1. The summed E-state index contributed by atoms with van der Waals surface area (Å²) in [5.74, 6) is -0.233. The maximum absolute atomic E-state index is 11.3. The highest BCUT2D eigenvalue weighted by Gasteiger charge is 2.15. The molecule has 8 nitrogen and oxygen atoms in total. The fourth-order valence-electron chi connectivity index (χ4n) is 3.56. The van der Waals surface area contributed by atoms with Gasteiger partial charge in [-0.15, -0.1) is 0 Å². The van der Waals surface area contributed by atoms with Gasteiger partial charge < -0.3 is 25.2 Å². The minimum Gasteiger partial charge on any atom is -0.477 e. The van der Waals surface area contributed by atoms with Gasteiger partial charge in [0.25, 0.3) is 0 Å². The average Bonchev–Trinajstić information content (AvgIpc) is 3.11. The first-order chi connectivity index (χ1) is 13.1. The van der Waals surface area contributed by atoms with Gasteiger partial charge in [-0.1, -0.05) is 0 Å². The molecule has 0 amide bonds. The van der Waals surface area contributed by atoms with Gasteiger partial charge in [0, 0.05) is 61.3 Å². The van der Waals surface area contributed by atoms with Crippen molar-refractivity contribution < 1.29 is 9.90 Å². The zero-order valence-corrected chi connectivity index (χ0v) is 15.4. The molecule has 0 spiro atoms. The average molecular weight is 368 g/mol. The van der Waals surface area contributed by atoms with Crippen LogP contribution >= 0.6 is 0 Å². The van der Waals surface area contributed by atoms with E-state index < -0.39 is 5.97 Å². The summed E-state index contributed by atoms with van der Waals surface area (Å²) in [7, 11) is 2.16. The van der Waals surface area contributed by atoms with Gasteiger partial charge in [0.1, 0.15) is 17.2 Å². The number of likely N-dealkylation sites (N-methyl/N-ethyl adjacent to an activating group) is 1. The van der Waals surface area contributed by atoms with Crippen LogP contribution in [0, 0.1) is 0 Å². The predicted molar refractivity (Wildman–Crippen MR) is 105 cm³/mol. The van der Waals surface area contributed by atoms with Crippen molar-refractivity contribution in [2.75, 3.05) is 51.6 Å². The lowest BCUT2D eigenvalue weighted by Gasteiger charge is -2.32. The lowest BCUT2D eigenvalue weighted by Crippen LogP contribution is -2.44. The number of anilines is 1. The Balaban J connectivity index is 1.49. The Bertz CT molecular complexity index is 961. The number of rotatable bonds is 6. The number of piperazine rings is 1. The van der Waals surface area contributed by atoms with Gasteiger partial charge in [-0.3, -0.25) is 4.98 Å². The van der Waals surface area contributed by atoms with E-state index in [1.165, 1.54) is 0 Å². The van der Waals surface area contributed by atoms with Gasteiger partial charge in [0.15, 0.2) is 0 Å². The van der Waals surface area contributed by atoms with E-state index in [0.29, 0.717) is 5.65 Å². The van der Waals surface area contributed by atoms with Crippen molar-refractivity contribution in [2.24, 2.45) is 0 Å². The number of pyridine rings is 2. The van der Waals surface area contributed by atoms with E-state index in [-0.39, 0.29) is 5.69 Å². The molecular weight excluding hydrogens is 344 g/mol. The fraction of sp³-hybridized carbons (Fsp3) is 0.421. The van der Waals surface area contributed by atoms with Gasteiger partial charge in [0.05, 0.1) is 0 Å².